The number of ether oxygens (including phenoxy) is 2. The molecular weight excluding hydrogens is 719 g/mol. The number of amides is 3. The van der Waals surface area contributed by atoms with Crippen molar-refractivity contribution in [2.75, 3.05) is 22.9 Å². The van der Waals surface area contributed by atoms with Crippen LogP contribution in [0.2, 0.25) is 0 Å². The average Bonchev–Trinajstić information content (AvgIpc) is 3.19. The first-order chi connectivity index (χ1) is 27.5. The summed E-state index contributed by atoms with van der Waals surface area (Å²) >= 11 is 0. The van der Waals surface area contributed by atoms with Crippen LogP contribution in [0.3, 0.4) is 0 Å². The number of nitrogens with one attached hydrogen (secondary N) is 3. The number of likely N-dealkylation sites (tertiary alicyclic amines) is 1. The molecule has 0 spiro atoms. The zero-order chi connectivity index (χ0) is 40.4. The number of nitrogens with two attached hydrogens (primary N) is 1. The van der Waals surface area contributed by atoms with E-state index in [1.54, 1.807) is 12.1 Å². The molecule has 0 unspecified atom stereocenters. The summed E-state index contributed by atoms with van der Waals surface area (Å²) < 4.78 is 13.5. The monoisotopic (exact) mass is 781 g/mol. The van der Waals surface area contributed by atoms with Gasteiger partial charge in [-0.3, -0.25) is 19.3 Å². The van der Waals surface area contributed by atoms with Crippen molar-refractivity contribution in [3.8, 4) is 0 Å². The molecule has 3 fully saturated rings. The number of para-hydroxylation sites is 2. The number of unbranched alkanes of at least 4 members (excludes halogenated alkanes) is 3. The predicted octanol–water partition coefficient (Wildman–Crippen LogP) is 8.16. The molecule has 6 N–H and O–H groups in total. The zero-order valence-electron chi connectivity index (χ0n) is 34.0. The molecule has 6 atom stereocenters. The molecule has 0 radical (unpaired) electrons. The Bertz CT molecular complexity index is 1790. The molecule has 57 heavy (non-hydrogen) atoms. The fraction of sp³-hybridized carbons (Fsp3) is 0.543. The van der Waals surface area contributed by atoms with Crippen molar-refractivity contribution < 1.29 is 29.0 Å². The van der Waals surface area contributed by atoms with Gasteiger partial charge in [0, 0.05) is 48.6 Å². The van der Waals surface area contributed by atoms with Crippen LogP contribution in [-0.4, -0.2) is 58.0 Å². The number of piperidine rings is 1. The number of aliphatic hydroxyl groups excluding tert-OH is 1. The van der Waals surface area contributed by atoms with Gasteiger partial charge in [0.2, 0.25) is 17.7 Å². The standard InChI is InChI=1S/C46H63N5O6/c1-46(2,3)50-44(55)40-26-25-32-13-8-11-18-39(32)51(40)29-36-28-41(33-23-21-31(30-52)22-24-33)57-45(56-36)34-14-12-15-35(27-34)48-42(53)19-6-4-5-7-20-43(54)49-38-17-10-9-16-37(38)47/h9-10,12,14-17,21-24,27,32,36,39-41,45,52H,4-8,11,13,18-20,25-26,28-30,47H2,1-3H3,(H,48,53)(H,49,54)(H,50,55)/t32-,36-,39-,40-,41+,45+/m1/s1. The van der Waals surface area contributed by atoms with E-state index in [2.05, 4.69) is 20.9 Å². The lowest BCUT2D eigenvalue weighted by Gasteiger charge is -2.50. The minimum absolute atomic E-state index is 0.0294. The third-order valence-electron chi connectivity index (χ3n) is 11.6. The molecule has 308 valence electrons. The molecule has 3 aromatic carbocycles. The molecule has 3 aromatic rings. The van der Waals surface area contributed by atoms with Gasteiger partial charge in [0.1, 0.15) is 0 Å². The number of nitrogen functional groups attached to an aromatic ring is 1. The average molecular weight is 782 g/mol. The van der Waals surface area contributed by atoms with Crippen molar-refractivity contribution in [2.45, 2.75) is 147 Å². The molecule has 2 aliphatic heterocycles. The molecule has 0 aromatic heterocycles. The van der Waals surface area contributed by atoms with Crippen molar-refractivity contribution in [3.05, 3.63) is 89.5 Å². The number of fused-ring (bicyclic) bond motifs is 1. The van der Waals surface area contributed by atoms with Gasteiger partial charge in [-0.15, -0.1) is 0 Å². The fourth-order valence-electron chi connectivity index (χ4n) is 8.73. The Kier molecular flexibility index (Phi) is 14.8. The van der Waals surface area contributed by atoms with Gasteiger partial charge in [-0.1, -0.05) is 74.2 Å². The summed E-state index contributed by atoms with van der Waals surface area (Å²) in [6.45, 7) is 6.70. The van der Waals surface area contributed by atoms with E-state index in [0.29, 0.717) is 54.8 Å². The lowest BCUT2D eigenvalue weighted by Crippen LogP contribution is -2.61. The first kappa shape index (κ1) is 42.3. The topological polar surface area (TPSA) is 155 Å². The van der Waals surface area contributed by atoms with E-state index in [1.807, 2.05) is 81.4 Å². The van der Waals surface area contributed by atoms with E-state index in [9.17, 15) is 19.5 Å². The molecule has 3 amide bonds. The minimum atomic E-state index is -0.688. The lowest BCUT2D eigenvalue weighted by atomic mass is 9.75. The molecule has 1 aliphatic carbocycles. The highest BCUT2D eigenvalue weighted by Gasteiger charge is 2.44. The van der Waals surface area contributed by atoms with Gasteiger partial charge in [0.15, 0.2) is 6.29 Å². The number of hydrogen-bond acceptors (Lipinski definition) is 8. The summed E-state index contributed by atoms with van der Waals surface area (Å²) in [6, 6.07) is 22.9. The molecule has 3 aliphatic rings. The Balaban J connectivity index is 1.08. The number of hydrogen-bond donors (Lipinski definition) is 5. The van der Waals surface area contributed by atoms with Crippen molar-refractivity contribution in [1.29, 1.82) is 0 Å². The fourth-order valence-corrected chi connectivity index (χ4v) is 8.73. The van der Waals surface area contributed by atoms with Crippen LogP contribution in [0.1, 0.15) is 133 Å². The normalized spacial score (nSPS) is 23.9. The molecule has 6 rings (SSSR count). The second-order valence-corrected chi connectivity index (χ2v) is 17.2. The van der Waals surface area contributed by atoms with Crippen LogP contribution in [0.5, 0.6) is 0 Å². The highest BCUT2D eigenvalue weighted by molar-refractivity contribution is 5.93. The van der Waals surface area contributed by atoms with E-state index >= 15 is 0 Å². The molecule has 11 heteroatoms. The molecule has 2 heterocycles. The van der Waals surface area contributed by atoms with Crippen LogP contribution >= 0.6 is 0 Å². The second kappa shape index (κ2) is 19.9. The van der Waals surface area contributed by atoms with Gasteiger partial charge < -0.3 is 36.3 Å². The maximum atomic E-state index is 13.8. The highest BCUT2D eigenvalue weighted by atomic mass is 16.7. The van der Waals surface area contributed by atoms with E-state index < -0.39 is 6.29 Å². The predicted molar refractivity (Wildman–Crippen MR) is 224 cm³/mol. The van der Waals surface area contributed by atoms with E-state index in [4.69, 9.17) is 15.2 Å². The second-order valence-electron chi connectivity index (χ2n) is 17.2. The molecule has 11 nitrogen and oxygen atoms in total. The Morgan fingerprint density at radius 2 is 1.53 bits per heavy atom. The van der Waals surface area contributed by atoms with Crippen LogP contribution in [0.15, 0.2) is 72.8 Å². The third kappa shape index (κ3) is 12.1. The Morgan fingerprint density at radius 1 is 0.807 bits per heavy atom. The maximum absolute atomic E-state index is 13.8. The summed E-state index contributed by atoms with van der Waals surface area (Å²) in [5.41, 5.74) is 10.1. The number of carbonyl (C=O) groups is 3. The van der Waals surface area contributed by atoms with E-state index in [-0.39, 0.29) is 48.1 Å². The smallest absolute Gasteiger partial charge is 0.237 e. The van der Waals surface area contributed by atoms with Crippen molar-refractivity contribution in [3.63, 3.8) is 0 Å². The van der Waals surface area contributed by atoms with E-state index in [0.717, 1.165) is 61.6 Å². The SMILES string of the molecule is CC(C)(C)NC(=O)[C@H]1CC[C@H]2CCCC[C@H]2N1C[C@H]1C[C@@H](c2ccc(CO)cc2)O[C@@H](c2cccc(NC(=O)CCCCCCC(=O)Nc3ccccc3N)c2)O1. The minimum Gasteiger partial charge on any atom is -0.397 e. The van der Waals surface area contributed by atoms with Gasteiger partial charge in [-0.05, 0) is 101 Å². The number of nitrogens with zero attached hydrogens (tertiary/aromatic N) is 1. The molecular formula is C46H63N5O6. The number of rotatable bonds is 15. The number of aliphatic hydroxyl groups is 1. The van der Waals surface area contributed by atoms with Gasteiger partial charge in [-0.25, -0.2) is 0 Å². The summed E-state index contributed by atoms with van der Waals surface area (Å²) in [6.07, 6.45) is 10.0. The first-order valence-corrected chi connectivity index (χ1v) is 21.1. The van der Waals surface area contributed by atoms with Crippen LogP contribution in [0.25, 0.3) is 0 Å². The van der Waals surface area contributed by atoms with E-state index in [1.165, 1.54) is 19.3 Å². The van der Waals surface area contributed by atoms with Crippen molar-refractivity contribution in [1.82, 2.24) is 10.2 Å². The van der Waals surface area contributed by atoms with Crippen molar-refractivity contribution in [2.24, 2.45) is 5.92 Å². The first-order valence-electron chi connectivity index (χ1n) is 21.1. The largest absolute Gasteiger partial charge is 0.397 e. The third-order valence-corrected chi connectivity index (χ3v) is 11.6. The Hall–Kier alpha value is -4.29. The van der Waals surface area contributed by atoms with Gasteiger partial charge in [0.25, 0.3) is 0 Å². The molecule has 0 bridgehead atoms. The zero-order valence-corrected chi connectivity index (χ0v) is 34.0. The van der Waals surface area contributed by atoms with Crippen LogP contribution in [0.4, 0.5) is 17.1 Å². The van der Waals surface area contributed by atoms with Crippen LogP contribution in [0, 0.1) is 5.92 Å². The maximum Gasteiger partial charge on any atom is 0.237 e. The van der Waals surface area contributed by atoms with Gasteiger partial charge in [-0.2, -0.15) is 0 Å². The van der Waals surface area contributed by atoms with Crippen LogP contribution < -0.4 is 21.7 Å². The molecule has 2 saturated heterocycles. The summed E-state index contributed by atoms with van der Waals surface area (Å²) in [5.74, 6) is 0.543. The number of carbonyl (C=O) groups excluding carboxylic acids is 3. The summed E-state index contributed by atoms with van der Waals surface area (Å²) in [5, 5.41) is 18.9. The highest BCUT2D eigenvalue weighted by Crippen LogP contribution is 2.42. The van der Waals surface area contributed by atoms with Gasteiger partial charge >= 0.3 is 0 Å². The van der Waals surface area contributed by atoms with Crippen LogP contribution in [-0.2, 0) is 30.5 Å². The number of anilines is 3. The van der Waals surface area contributed by atoms with Crippen molar-refractivity contribution >= 4 is 34.8 Å². The molecule has 1 saturated carbocycles. The Labute approximate surface area is 338 Å². The van der Waals surface area contributed by atoms with Gasteiger partial charge in [0.05, 0.1) is 36.2 Å². The quantitative estimate of drug-likeness (QED) is 0.0765. The lowest BCUT2D eigenvalue weighted by molar-refractivity contribution is -0.255. The number of benzene rings is 3. The summed E-state index contributed by atoms with van der Waals surface area (Å²) in [4.78, 5) is 41.6. The summed E-state index contributed by atoms with van der Waals surface area (Å²) in [7, 11) is 0. The Morgan fingerprint density at radius 3 is 2.25 bits per heavy atom.